The number of amides is 1. The van der Waals surface area contributed by atoms with Gasteiger partial charge in [-0.3, -0.25) is 14.4 Å². The van der Waals surface area contributed by atoms with E-state index < -0.39 is 76.6 Å². The molecule has 1 heterocycles. The van der Waals surface area contributed by atoms with Crippen LogP contribution in [0.25, 0.3) is 11.1 Å². The van der Waals surface area contributed by atoms with Gasteiger partial charge in [0.1, 0.15) is 6.61 Å². The number of hydrogen-bond acceptors (Lipinski definition) is 8. The summed E-state index contributed by atoms with van der Waals surface area (Å²) >= 11 is 0.752. The first-order chi connectivity index (χ1) is 21.7. The number of aliphatic carboxylic acids is 2. The van der Waals surface area contributed by atoms with E-state index >= 15 is 8.78 Å². The van der Waals surface area contributed by atoms with E-state index in [4.69, 9.17) is 4.74 Å². The summed E-state index contributed by atoms with van der Waals surface area (Å²) in [7, 11) is 0.944. The van der Waals surface area contributed by atoms with Crippen LogP contribution in [-0.2, 0) is 25.9 Å². The molecule has 0 aliphatic carbocycles. The molecule has 0 saturated carbocycles. The van der Waals surface area contributed by atoms with Crippen molar-refractivity contribution in [3.05, 3.63) is 99.7 Å². The van der Waals surface area contributed by atoms with E-state index in [2.05, 4.69) is 14.8 Å². The van der Waals surface area contributed by atoms with Crippen molar-refractivity contribution in [2.45, 2.75) is 11.6 Å². The Balaban J connectivity index is 1.57. The lowest BCUT2D eigenvalue weighted by Crippen LogP contribution is -2.47. The Morgan fingerprint density at radius 3 is 2.11 bits per heavy atom. The molecule has 0 fully saturated rings. The van der Waals surface area contributed by atoms with Gasteiger partial charge in [-0.2, -0.15) is 17.6 Å². The van der Waals surface area contributed by atoms with Gasteiger partial charge in [0.25, 0.3) is 5.91 Å². The molecule has 3 aromatic carbocycles. The molecule has 0 aliphatic rings. The highest BCUT2D eigenvalue weighted by molar-refractivity contribution is 7.10. The van der Waals surface area contributed by atoms with E-state index in [0.717, 1.165) is 42.7 Å². The normalized spacial score (nSPS) is 11.4. The van der Waals surface area contributed by atoms with Crippen LogP contribution in [-0.4, -0.2) is 47.9 Å². The number of ether oxygens (including phenoxy) is 3. The number of thiophene rings is 1. The van der Waals surface area contributed by atoms with Crippen molar-refractivity contribution in [1.29, 1.82) is 0 Å². The fourth-order valence-electron chi connectivity index (χ4n) is 4.23. The zero-order chi connectivity index (χ0) is 33.8. The molecule has 0 aliphatic heterocycles. The lowest BCUT2D eigenvalue weighted by molar-refractivity contribution is -0.160. The number of rotatable bonds is 10. The quantitative estimate of drug-likeness (QED) is 0.0738. The van der Waals surface area contributed by atoms with Crippen molar-refractivity contribution in [3.8, 4) is 22.6 Å². The van der Waals surface area contributed by atoms with Crippen LogP contribution in [0.5, 0.6) is 11.5 Å². The van der Waals surface area contributed by atoms with Crippen molar-refractivity contribution in [1.82, 2.24) is 0 Å². The molecule has 4 rings (SSSR count). The average Bonchev–Trinajstić information content (AvgIpc) is 3.54. The third-order valence-electron chi connectivity index (χ3n) is 6.54. The van der Waals surface area contributed by atoms with Crippen molar-refractivity contribution in [3.63, 3.8) is 0 Å². The number of alkyl halides is 3. The third-order valence-corrected chi connectivity index (χ3v) is 7.57. The molecule has 16 heteroatoms. The summed E-state index contributed by atoms with van der Waals surface area (Å²) in [5, 5.41) is 22.9. The Labute approximate surface area is 259 Å². The first kappa shape index (κ1) is 33.4. The molecular weight excluding hydrogens is 645 g/mol. The van der Waals surface area contributed by atoms with Gasteiger partial charge in [0.2, 0.25) is 17.0 Å². The highest BCUT2D eigenvalue weighted by Crippen LogP contribution is 2.38. The monoisotopic (exact) mass is 665 g/mol. The number of carbonyl (C=O) groups is 4. The second-order valence-electron chi connectivity index (χ2n) is 9.29. The Morgan fingerprint density at radius 1 is 0.891 bits per heavy atom. The zero-order valence-electron chi connectivity index (χ0n) is 23.2. The number of benzene rings is 3. The lowest BCUT2D eigenvalue weighted by Gasteiger charge is -2.23. The minimum Gasteiger partial charge on any atom is -0.491 e. The Kier molecular flexibility index (Phi) is 9.60. The molecule has 46 heavy (non-hydrogen) atoms. The zero-order valence-corrected chi connectivity index (χ0v) is 24.0. The smallest absolute Gasteiger partial charge is 0.491 e. The number of carboxylic acid groups (broad SMARTS) is 2. The number of carboxylic acids is 2. The molecular formula is C30H20F5NO9S. The summed E-state index contributed by atoms with van der Waals surface area (Å²) in [6.45, 7) is -1.30. The van der Waals surface area contributed by atoms with E-state index in [0.29, 0.717) is 6.07 Å². The van der Waals surface area contributed by atoms with E-state index in [1.165, 1.54) is 41.8 Å². The molecule has 0 bridgehead atoms. The summed E-state index contributed by atoms with van der Waals surface area (Å²) in [5.74, 6) is -10.1. The Morgan fingerprint density at radius 2 is 1.54 bits per heavy atom. The van der Waals surface area contributed by atoms with Gasteiger partial charge >= 0.3 is 24.3 Å². The average molecular weight is 666 g/mol. The molecule has 1 amide bonds. The van der Waals surface area contributed by atoms with Gasteiger partial charge in [0, 0.05) is 16.5 Å². The summed E-state index contributed by atoms with van der Waals surface area (Å²) in [6, 6.07) is 12.8. The maximum absolute atomic E-state index is 15.3. The van der Waals surface area contributed by atoms with E-state index in [1.54, 1.807) is 0 Å². The minimum absolute atomic E-state index is 0.0832. The largest absolute Gasteiger partial charge is 0.514 e. The standard InChI is InChI=1S/C30H20F5NO9S/c1-43-24-20(36-25(37)18-6-3-2-5-17(18)15-8-10-16(11-9-15)30(33,34)35)13-19(31)23(22(24)32)45-28(42)44-14-29(26(38)39,27(40)41)21-7-4-12-46-21/h2-13H,14H2,1H3,(H,36,37)(H,38,39)(H,40,41). The molecule has 0 atom stereocenters. The van der Waals surface area contributed by atoms with Gasteiger partial charge in [0.05, 0.1) is 18.4 Å². The molecule has 3 N–H and O–H groups in total. The number of nitrogens with one attached hydrogen (secondary N) is 1. The molecule has 4 aromatic rings. The number of hydrogen-bond donors (Lipinski definition) is 3. The van der Waals surface area contributed by atoms with Gasteiger partial charge in [-0.25, -0.2) is 9.18 Å². The summed E-state index contributed by atoms with van der Waals surface area (Å²) in [4.78, 5) is 49.1. The Hall–Kier alpha value is -5.51. The summed E-state index contributed by atoms with van der Waals surface area (Å²) < 4.78 is 83.5. The fraction of sp³-hybridized carbons (Fsp3) is 0.133. The van der Waals surface area contributed by atoms with Crippen LogP contribution in [0.1, 0.15) is 20.8 Å². The van der Waals surface area contributed by atoms with Crippen LogP contribution in [0, 0.1) is 11.6 Å². The van der Waals surface area contributed by atoms with Gasteiger partial charge < -0.3 is 29.7 Å². The van der Waals surface area contributed by atoms with Crippen LogP contribution in [0.3, 0.4) is 0 Å². The predicted octanol–water partition coefficient (Wildman–Crippen LogP) is 6.60. The SMILES string of the molecule is COc1c(NC(=O)c2ccccc2-c2ccc(C(F)(F)F)cc2)cc(F)c(OC(=O)OCC(C(=O)O)(C(=O)O)c2cccs2)c1F. The Bertz CT molecular complexity index is 1780. The first-order valence-electron chi connectivity index (χ1n) is 12.7. The van der Waals surface area contributed by atoms with Gasteiger partial charge in [-0.1, -0.05) is 36.4 Å². The molecule has 240 valence electrons. The lowest BCUT2D eigenvalue weighted by atomic mass is 9.87. The van der Waals surface area contributed by atoms with Crippen molar-refractivity contribution < 1.29 is 65.6 Å². The number of methoxy groups -OCH3 is 1. The van der Waals surface area contributed by atoms with Crippen molar-refractivity contribution in [2.75, 3.05) is 19.0 Å². The van der Waals surface area contributed by atoms with Gasteiger partial charge in [-0.05, 0) is 40.8 Å². The molecule has 0 spiro atoms. The van der Waals surface area contributed by atoms with E-state index in [1.807, 2.05) is 0 Å². The van der Waals surface area contributed by atoms with Crippen LogP contribution >= 0.6 is 11.3 Å². The van der Waals surface area contributed by atoms with Crippen LogP contribution < -0.4 is 14.8 Å². The molecule has 10 nitrogen and oxygen atoms in total. The number of halogens is 5. The van der Waals surface area contributed by atoms with Crippen molar-refractivity contribution in [2.24, 2.45) is 0 Å². The summed E-state index contributed by atoms with van der Waals surface area (Å²) in [5.41, 5.74) is -3.88. The molecule has 0 radical (unpaired) electrons. The third kappa shape index (κ3) is 6.61. The number of anilines is 1. The van der Waals surface area contributed by atoms with Crippen LogP contribution in [0.2, 0.25) is 0 Å². The highest BCUT2D eigenvalue weighted by Gasteiger charge is 2.51. The second kappa shape index (κ2) is 13.2. The number of carbonyl (C=O) groups excluding carboxylic acids is 2. The first-order valence-corrected chi connectivity index (χ1v) is 13.6. The van der Waals surface area contributed by atoms with Gasteiger partial charge in [0.15, 0.2) is 11.6 Å². The molecule has 0 saturated heterocycles. The van der Waals surface area contributed by atoms with E-state index in [-0.39, 0.29) is 21.6 Å². The predicted molar refractivity (Wildman–Crippen MR) is 151 cm³/mol. The maximum Gasteiger partial charge on any atom is 0.514 e. The molecule has 1 aromatic heterocycles. The molecule has 0 unspecified atom stereocenters. The highest BCUT2D eigenvalue weighted by atomic mass is 32.1. The minimum atomic E-state index is -4.58. The van der Waals surface area contributed by atoms with Crippen LogP contribution in [0.4, 0.5) is 32.4 Å². The second-order valence-corrected chi connectivity index (χ2v) is 10.2. The maximum atomic E-state index is 15.3. The topological polar surface area (TPSA) is 148 Å². The fourth-order valence-corrected chi connectivity index (χ4v) is 5.13. The van der Waals surface area contributed by atoms with Gasteiger partial charge in [-0.15, -0.1) is 11.3 Å². The van der Waals surface area contributed by atoms with Crippen LogP contribution in [0.15, 0.2) is 72.1 Å². The van der Waals surface area contributed by atoms with Crippen molar-refractivity contribution >= 4 is 41.0 Å². The van der Waals surface area contributed by atoms with E-state index in [9.17, 15) is 42.6 Å². The summed E-state index contributed by atoms with van der Waals surface area (Å²) in [6.07, 6.45) is -6.44.